The number of unbranched alkanes of at least 4 members (excludes halogenated alkanes) is 1. The molecule has 212 valence electrons. The molecular formula is C29H37F3N4O3. The molecule has 1 aromatic heterocycles. The summed E-state index contributed by atoms with van der Waals surface area (Å²) >= 11 is 0. The molecule has 1 saturated carbocycles. The van der Waals surface area contributed by atoms with Crippen molar-refractivity contribution < 1.29 is 27.9 Å². The van der Waals surface area contributed by atoms with Crippen LogP contribution in [0.3, 0.4) is 0 Å². The molecule has 2 aliphatic rings. The average Bonchev–Trinajstić information content (AvgIpc) is 3.40. The van der Waals surface area contributed by atoms with Crippen molar-refractivity contribution in [3.05, 3.63) is 65.5 Å². The second-order valence-corrected chi connectivity index (χ2v) is 10.8. The van der Waals surface area contributed by atoms with Gasteiger partial charge in [0.2, 0.25) is 5.91 Å². The number of aryl methyl sites for hydroxylation is 1. The fraction of sp³-hybridized carbons (Fsp3) is 0.552. The third-order valence-electron chi connectivity index (χ3n) is 7.83. The first-order chi connectivity index (χ1) is 18.6. The van der Waals surface area contributed by atoms with Gasteiger partial charge in [-0.25, -0.2) is 0 Å². The number of carbonyl (C=O) groups is 2. The Morgan fingerprint density at radius 1 is 1.05 bits per heavy atom. The van der Waals surface area contributed by atoms with E-state index in [2.05, 4.69) is 15.6 Å². The molecule has 39 heavy (non-hydrogen) atoms. The standard InChI is InChI=1S/C29H37F3N4O3/c30-29(31,32)22-7-5-6-21(18-22)27(38)34-19-26(37)36-17-12-25(20-36)35-24-10-14-28(39,15-11-24)13-3-1-8-23-9-2-4-16-33-23/h2,4-7,9,16,18,24-25,35,39H,1,3,8,10-15,17,19-20H2,(H,34,38)/t24?,25-,28?/m0/s1. The fourth-order valence-electron chi connectivity index (χ4n) is 5.54. The molecule has 2 heterocycles. The third-order valence-corrected chi connectivity index (χ3v) is 7.83. The van der Waals surface area contributed by atoms with Crippen molar-refractivity contribution in [2.24, 2.45) is 0 Å². The van der Waals surface area contributed by atoms with E-state index in [0.717, 1.165) is 75.6 Å². The van der Waals surface area contributed by atoms with Crippen LogP contribution in [0.25, 0.3) is 0 Å². The first kappa shape index (κ1) is 29.0. The van der Waals surface area contributed by atoms with Gasteiger partial charge in [0, 0.05) is 42.6 Å². The van der Waals surface area contributed by atoms with Crippen molar-refractivity contribution >= 4 is 11.8 Å². The minimum atomic E-state index is -4.54. The van der Waals surface area contributed by atoms with E-state index in [1.165, 1.54) is 12.1 Å². The number of carbonyl (C=O) groups excluding carboxylic acids is 2. The summed E-state index contributed by atoms with van der Waals surface area (Å²) in [6.45, 7) is 0.813. The van der Waals surface area contributed by atoms with Crippen molar-refractivity contribution in [3.8, 4) is 0 Å². The molecule has 1 aliphatic heterocycles. The van der Waals surface area contributed by atoms with Crippen molar-refractivity contribution in [3.63, 3.8) is 0 Å². The van der Waals surface area contributed by atoms with Crippen LogP contribution in [0.1, 0.15) is 73.0 Å². The van der Waals surface area contributed by atoms with Gasteiger partial charge < -0.3 is 20.6 Å². The van der Waals surface area contributed by atoms with E-state index >= 15 is 0 Å². The van der Waals surface area contributed by atoms with Gasteiger partial charge in [0.15, 0.2) is 0 Å². The topological polar surface area (TPSA) is 94.6 Å². The smallest absolute Gasteiger partial charge is 0.390 e. The second kappa shape index (κ2) is 12.9. The molecule has 1 atom stereocenters. The lowest BCUT2D eigenvalue weighted by Gasteiger charge is -2.37. The van der Waals surface area contributed by atoms with Crippen LogP contribution in [0.15, 0.2) is 48.7 Å². The zero-order valence-electron chi connectivity index (χ0n) is 22.1. The number of alkyl halides is 3. The summed E-state index contributed by atoms with van der Waals surface area (Å²) in [5.74, 6) is -0.974. The number of halogens is 3. The van der Waals surface area contributed by atoms with Gasteiger partial charge in [-0.05, 0) is 81.7 Å². The molecule has 1 aliphatic carbocycles. The minimum absolute atomic E-state index is 0.135. The van der Waals surface area contributed by atoms with Crippen molar-refractivity contribution in [2.75, 3.05) is 19.6 Å². The van der Waals surface area contributed by atoms with Crippen LogP contribution in [0.5, 0.6) is 0 Å². The van der Waals surface area contributed by atoms with Crippen LogP contribution in [-0.2, 0) is 17.4 Å². The first-order valence-corrected chi connectivity index (χ1v) is 13.7. The second-order valence-electron chi connectivity index (χ2n) is 10.8. The van der Waals surface area contributed by atoms with Crippen molar-refractivity contribution in [1.82, 2.24) is 20.5 Å². The zero-order chi connectivity index (χ0) is 27.9. The molecule has 10 heteroatoms. The molecule has 4 rings (SSSR count). The highest BCUT2D eigenvalue weighted by Gasteiger charge is 2.35. The van der Waals surface area contributed by atoms with E-state index in [1.807, 2.05) is 18.2 Å². The van der Waals surface area contributed by atoms with E-state index in [1.54, 1.807) is 11.1 Å². The molecule has 7 nitrogen and oxygen atoms in total. The maximum Gasteiger partial charge on any atom is 0.416 e. The van der Waals surface area contributed by atoms with Crippen LogP contribution >= 0.6 is 0 Å². The molecule has 0 bridgehead atoms. The van der Waals surface area contributed by atoms with Crippen molar-refractivity contribution in [2.45, 2.75) is 81.6 Å². The molecule has 1 aromatic carbocycles. The molecule has 2 fully saturated rings. The van der Waals surface area contributed by atoms with Crippen LogP contribution in [-0.4, -0.2) is 64.1 Å². The number of hydrogen-bond acceptors (Lipinski definition) is 5. The number of nitrogens with zero attached hydrogens (tertiary/aromatic N) is 2. The molecule has 0 radical (unpaired) electrons. The molecule has 0 unspecified atom stereocenters. The van der Waals surface area contributed by atoms with E-state index < -0.39 is 23.2 Å². The number of aromatic nitrogens is 1. The van der Waals surface area contributed by atoms with Crippen LogP contribution < -0.4 is 10.6 Å². The van der Waals surface area contributed by atoms with Gasteiger partial charge in [-0.1, -0.05) is 18.6 Å². The Morgan fingerprint density at radius 2 is 1.85 bits per heavy atom. The largest absolute Gasteiger partial charge is 0.416 e. The fourth-order valence-corrected chi connectivity index (χ4v) is 5.54. The quantitative estimate of drug-likeness (QED) is 0.390. The molecule has 2 amide bonds. The lowest BCUT2D eigenvalue weighted by Crippen LogP contribution is -2.46. The molecule has 2 aromatic rings. The Hall–Kier alpha value is -2.98. The third kappa shape index (κ3) is 8.50. The Bertz CT molecular complexity index is 1100. The molecular weight excluding hydrogens is 509 g/mol. The molecule has 1 saturated heterocycles. The summed E-state index contributed by atoms with van der Waals surface area (Å²) in [5, 5.41) is 17.1. The highest BCUT2D eigenvalue weighted by molar-refractivity contribution is 5.96. The maximum atomic E-state index is 12.9. The SMILES string of the molecule is O=C(NCC(=O)N1CC[C@H](NC2CCC(O)(CCCCc3ccccn3)CC2)C1)c1cccc(C(F)(F)F)c1. The normalized spacial score (nSPS) is 23.5. The summed E-state index contributed by atoms with van der Waals surface area (Å²) in [4.78, 5) is 30.9. The number of likely N-dealkylation sites (tertiary alicyclic amines) is 1. The number of aliphatic hydroxyl groups is 1. The summed E-state index contributed by atoms with van der Waals surface area (Å²) in [6.07, 6.45) is 5.03. The Labute approximate surface area is 227 Å². The average molecular weight is 547 g/mol. The van der Waals surface area contributed by atoms with Gasteiger partial charge >= 0.3 is 6.18 Å². The van der Waals surface area contributed by atoms with Crippen molar-refractivity contribution in [1.29, 1.82) is 0 Å². The number of pyridine rings is 1. The first-order valence-electron chi connectivity index (χ1n) is 13.7. The zero-order valence-corrected chi connectivity index (χ0v) is 22.1. The van der Waals surface area contributed by atoms with Crippen LogP contribution in [0, 0.1) is 0 Å². The van der Waals surface area contributed by atoms with Gasteiger partial charge in [0.25, 0.3) is 5.91 Å². The van der Waals surface area contributed by atoms with Gasteiger partial charge in [-0.3, -0.25) is 14.6 Å². The summed E-state index contributed by atoms with van der Waals surface area (Å²) < 4.78 is 38.7. The number of rotatable bonds is 10. The molecule has 0 spiro atoms. The predicted molar refractivity (Wildman–Crippen MR) is 141 cm³/mol. The van der Waals surface area contributed by atoms with Crippen LogP contribution in [0.4, 0.5) is 13.2 Å². The highest BCUT2D eigenvalue weighted by Crippen LogP contribution is 2.33. The van der Waals surface area contributed by atoms with Crippen LogP contribution in [0.2, 0.25) is 0 Å². The van der Waals surface area contributed by atoms with Gasteiger partial charge in [0.05, 0.1) is 17.7 Å². The summed E-state index contributed by atoms with van der Waals surface area (Å²) in [7, 11) is 0. The van der Waals surface area contributed by atoms with E-state index in [4.69, 9.17) is 0 Å². The summed E-state index contributed by atoms with van der Waals surface area (Å²) in [6, 6.07) is 10.5. The number of nitrogens with one attached hydrogen (secondary N) is 2. The Kier molecular flexibility index (Phi) is 9.61. The van der Waals surface area contributed by atoms with Gasteiger partial charge in [-0.2, -0.15) is 13.2 Å². The number of hydrogen-bond donors (Lipinski definition) is 3. The monoisotopic (exact) mass is 546 g/mol. The number of amides is 2. The van der Waals surface area contributed by atoms with E-state index in [9.17, 15) is 27.9 Å². The summed E-state index contributed by atoms with van der Waals surface area (Å²) in [5.41, 5.74) is -0.571. The van der Waals surface area contributed by atoms with E-state index in [0.29, 0.717) is 19.1 Å². The predicted octanol–water partition coefficient (Wildman–Crippen LogP) is 4.11. The van der Waals surface area contributed by atoms with Gasteiger partial charge in [-0.15, -0.1) is 0 Å². The maximum absolute atomic E-state index is 12.9. The minimum Gasteiger partial charge on any atom is -0.390 e. The lowest BCUT2D eigenvalue weighted by atomic mass is 9.79. The lowest BCUT2D eigenvalue weighted by molar-refractivity contribution is -0.137. The Balaban J connectivity index is 1.13. The van der Waals surface area contributed by atoms with Gasteiger partial charge in [0.1, 0.15) is 0 Å². The Morgan fingerprint density at radius 3 is 2.56 bits per heavy atom. The number of benzene rings is 1. The van der Waals surface area contributed by atoms with E-state index in [-0.39, 0.29) is 24.1 Å². The molecule has 3 N–H and O–H groups in total. The highest BCUT2D eigenvalue weighted by atomic mass is 19.4.